The van der Waals surface area contributed by atoms with Gasteiger partial charge < -0.3 is 15.7 Å². The molecule has 2 heterocycles. The zero-order chi connectivity index (χ0) is 11.0. The van der Waals surface area contributed by atoms with Gasteiger partial charge in [0.05, 0.1) is 6.54 Å². The number of amides is 1. The number of amidine groups is 1. The molecule has 3 N–H and O–H groups in total. The van der Waals surface area contributed by atoms with E-state index in [9.17, 15) is 9.59 Å². The van der Waals surface area contributed by atoms with Crippen molar-refractivity contribution in [3.8, 4) is 0 Å². The first-order valence-electron chi connectivity index (χ1n) is 4.35. The number of aliphatic carboxylic acids is 1. The zero-order valence-corrected chi connectivity index (χ0v) is 7.75. The predicted molar refractivity (Wildman–Crippen MR) is 52.0 cm³/mol. The minimum absolute atomic E-state index is 0.295. The van der Waals surface area contributed by atoms with Gasteiger partial charge in [0, 0.05) is 11.8 Å². The second-order valence-electron chi connectivity index (χ2n) is 3.27. The van der Waals surface area contributed by atoms with Crippen LogP contribution in [-0.4, -0.2) is 40.3 Å². The van der Waals surface area contributed by atoms with Gasteiger partial charge in [-0.3, -0.25) is 9.79 Å². The van der Waals surface area contributed by atoms with Crippen molar-refractivity contribution < 1.29 is 14.7 Å². The Morgan fingerprint density at radius 1 is 1.60 bits per heavy atom. The highest BCUT2D eigenvalue weighted by Gasteiger charge is 2.29. The summed E-state index contributed by atoms with van der Waals surface area (Å²) >= 11 is 0. The maximum Gasteiger partial charge on any atom is 0.330 e. The van der Waals surface area contributed by atoms with Crippen molar-refractivity contribution in [2.45, 2.75) is 6.04 Å². The first-order valence-corrected chi connectivity index (χ1v) is 4.35. The molecule has 0 saturated carbocycles. The summed E-state index contributed by atoms with van der Waals surface area (Å²) in [7, 11) is 0. The maximum absolute atomic E-state index is 10.9. The van der Waals surface area contributed by atoms with Crippen molar-refractivity contribution >= 4 is 17.7 Å². The first kappa shape index (κ1) is 9.45. The van der Waals surface area contributed by atoms with Gasteiger partial charge in [0.2, 0.25) is 5.91 Å². The number of rotatable bonds is 2. The summed E-state index contributed by atoms with van der Waals surface area (Å²) in [5.41, 5.74) is 5.43. The molecule has 78 valence electrons. The van der Waals surface area contributed by atoms with Crippen LogP contribution in [0.2, 0.25) is 0 Å². The smallest absolute Gasteiger partial charge is 0.330 e. The molecule has 6 heteroatoms. The Morgan fingerprint density at radius 3 is 2.93 bits per heavy atom. The monoisotopic (exact) mass is 207 g/mol. The quantitative estimate of drug-likeness (QED) is 0.612. The first-order chi connectivity index (χ1) is 7.08. The van der Waals surface area contributed by atoms with Crippen LogP contribution >= 0.6 is 0 Å². The number of aliphatic imine (C=N–C) groups is 1. The van der Waals surface area contributed by atoms with E-state index >= 15 is 0 Å². The molecule has 0 aromatic heterocycles. The number of carboxylic acid groups (broad SMARTS) is 1. The molecule has 2 aliphatic heterocycles. The topological polar surface area (TPSA) is 96.0 Å². The summed E-state index contributed by atoms with van der Waals surface area (Å²) in [4.78, 5) is 27.2. The fourth-order valence-electron chi connectivity index (χ4n) is 1.46. The van der Waals surface area contributed by atoms with Crippen LogP contribution in [0, 0.1) is 0 Å². The summed E-state index contributed by atoms with van der Waals surface area (Å²) in [6.07, 6.45) is 4.65. The fourth-order valence-corrected chi connectivity index (χ4v) is 1.46. The molecule has 2 rings (SSSR count). The van der Waals surface area contributed by atoms with Crippen LogP contribution in [0.25, 0.3) is 0 Å². The lowest BCUT2D eigenvalue weighted by Crippen LogP contribution is -2.29. The molecular weight excluding hydrogens is 198 g/mol. The van der Waals surface area contributed by atoms with Crippen LogP contribution < -0.4 is 5.73 Å². The molecule has 0 bridgehead atoms. The average molecular weight is 207 g/mol. The molecule has 15 heavy (non-hydrogen) atoms. The lowest BCUT2D eigenvalue weighted by Gasteiger charge is -2.17. The van der Waals surface area contributed by atoms with E-state index in [1.807, 2.05) is 0 Å². The number of hydrogen-bond donors (Lipinski definition) is 2. The average Bonchev–Trinajstić information content (AvgIpc) is 2.59. The van der Waals surface area contributed by atoms with E-state index in [2.05, 4.69) is 4.99 Å². The van der Waals surface area contributed by atoms with Crippen molar-refractivity contribution in [3.63, 3.8) is 0 Å². The van der Waals surface area contributed by atoms with Gasteiger partial charge >= 0.3 is 5.97 Å². The van der Waals surface area contributed by atoms with E-state index in [4.69, 9.17) is 10.8 Å². The molecule has 6 nitrogen and oxygen atoms in total. The van der Waals surface area contributed by atoms with E-state index in [0.29, 0.717) is 18.0 Å². The second kappa shape index (κ2) is 3.23. The highest BCUT2D eigenvalue weighted by Crippen LogP contribution is 2.17. The number of nitrogens with two attached hydrogens (primary N) is 1. The van der Waals surface area contributed by atoms with Crippen LogP contribution in [0.5, 0.6) is 0 Å². The molecule has 0 fully saturated rings. The number of hydrogen-bond acceptors (Lipinski definition) is 4. The van der Waals surface area contributed by atoms with Gasteiger partial charge in [-0.2, -0.15) is 0 Å². The molecule has 0 spiro atoms. The largest absolute Gasteiger partial charge is 0.480 e. The Bertz CT molecular complexity index is 422. The van der Waals surface area contributed by atoms with Crippen molar-refractivity contribution in [1.29, 1.82) is 0 Å². The minimum atomic E-state index is -0.973. The van der Waals surface area contributed by atoms with Crippen LogP contribution in [0.3, 0.4) is 0 Å². The van der Waals surface area contributed by atoms with Gasteiger partial charge in [0.1, 0.15) is 5.84 Å². The van der Waals surface area contributed by atoms with Gasteiger partial charge in [0.15, 0.2) is 6.04 Å². The number of primary amides is 1. The van der Waals surface area contributed by atoms with E-state index in [-0.39, 0.29) is 0 Å². The summed E-state index contributed by atoms with van der Waals surface area (Å²) in [5.74, 6) is -1.05. The molecular formula is C9H9N3O3. The second-order valence-corrected chi connectivity index (χ2v) is 3.27. The highest BCUT2D eigenvalue weighted by molar-refractivity contribution is 6.07. The molecule has 0 aromatic rings. The lowest BCUT2D eigenvalue weighted by atomic mass is 10.2. The fraction of sp³-hybridized carbons (Fsp3) is 0.222. The number of carbonyl (C=O) groups is 2. The summed E-state index contributed by atoms with van der Waals surface area (Å²) in [6.45, 7) is 0.295. The normalized spacial score (nSPS) is 23.2. The number of carboxylic acids is 1. The van der Waals surface area contributed by atoms with Crippen molar-refractivity contribution in [1.82, 2.24) is 4.90 Å². The standard InChI is InChI=1S/C9H9N3O3/c10-8(13)5-1-2-12-4-6(9(14)15)11-7(12)3-5/h1-3,6H,4H2,(H2,10,13)(H,14,15). The van der Waals surface area contributed by atoms with Crippen LogP contribution in [0.15, 0.2) is 28.9 Å². The maximum atomic E-state index is 10.9. The van der Waals surface area contributed by atoms with Crippen LogP contribution in [-0.2, 0) is 9.59 Å². The molecule has 0 radical (unpaired) electrons. The van der Waals surface area contributed by atoms with Crippen molar-refractivity contribution in [2.24, 2.45) is 10.7 Å². The molecule has 1 unspecified atom stereocenters. The molecule has 0 aromatic carbocycles. The zero-order valence-electron chi connectivity index (χ0n) is 7.75. The Labute approximate surface area is 85.4 Å². The third-order valence-electron chi connectivity index (χ3n) is 2.24. The van der Waals surface area contributed by atoms with Gasteiger partial charge in [0.25, 0.3) is 0 Å². The van der Waals surface area contributed by atoms with Crippen LogP contribution in [0.1, 0.15) is 0 Å². The molecule has 2 aliphatic rings. The van der Waals surface area contributed by atoms with Gasteiger partial charge in [-0.25, -0.2) is 4.79 Å². The van der Waals surface area contributed by atoms with Gasteiger partial charge in [-0.1, -0.05) is 0 Å². The highest BCUT2D eigenvalue weighted by atomic mass is 16.4. The predicted octanol–water partition coefficient (Wildman–Crippen LogP) is -0.907. The minimum Gasteiger partial charge on any atom is -0.480 e. The van der Waals surface area contributed by atoms with Gasteiger partial charge in [-0.05, 0) is 12.2 Å². The Hall–Kier alpha value is -2.11. The number of fused-ring (bicyclic) bond motifs is 1. The number of nitrogens with zero attached hydrogens (tertiary/aromatic N) is 2. The van der Waals surface area contributed by atoms with E-state index < -0.39 is 17.9 Å². The lowest BCUT2D eigenvalue weighted by molar-refractivity contribution is -0.138. The van der Waals surface area contributed by atoms with E-state index in [1.54, 1.807) is 17.2 Å². The third kappa shape index (κ3) is 1.61. The van der Waals surface area contributed by atoms with Crippen molar-refractivity contribution in [3.05, 3.63) is 23.9 Å². The third-order valence-corrected chi connectivity index (χ3v) is 2.24. The molecule has 0 saturated heterocycles. The van der Waals surface area contributed by atoms with E-state index in [0.717, 1.165) is 0 Å². The Balaban J connectivity index is 2.27. The molecule has 1 amide bonds. The Kier molecular flexibility index (Phi) is 2.03. The summed E-state index contributed by atoms with van der Waals surface area (Å²) in [5, 5.41) is 8.77. The van der Waals surface area contributed by atoms with Crippen molar-refractivity contribution in [2.75, 3.05) is 6.54 Å². The summed E-state index contributed by atoms with van der Waals surface area (Å²) < 4.78 is 0. The van der Waals surface area contributed by atoms with E-state index in [1.165, 1.54) is 6.08 Å². The van der Waals surface area contributed by atoms with Gasteiger partial charge in [-0.15, -0.1) is 0 Å². The SMILES string of the molecule is NC(=O)C1=CC2=NC(C(=O)O)CN2C=C1. The molecule has 0 aliphatic carbocycles. The van der Waals surface area contributed by atoms with Crippen LogP contribution in [0.4, 0.5) is 0 Å². The summed E-state index contributed by atoms with van der Waals surface area (Å²) in [6, 6.07) is -0.770. The molecule has 1 atom stereocenters. The number of carbonyl (C=O) groups excluding carboxylic acids is 1. The Morgan fingerprint density at radius 2 is 2.33 bits per heavy atom.